The summed E-state index contributed by atoms with van der Waals surface area (Å²) >= 11 is 6.21. The van der Waals surface area contributed by atoms with Crippen molar-refractivity contribution >= 4 is 11.6 Å². The lowest BCUT2D eigenvalue weighted by Crippen LogP contribution is -2.17. The van der Waals surface area contributed by atoms with Crippen molar-refractivity contribution in [1.29, 1.82) is 0 Å². The van der Waals surface area contributed by atoms with Crippen LogP contribution in [0.25, 0.3) is 0 Å². The highest BCUT2D eigenvalue weighted by molar-refractivity contribution is 6.20. The summed E-state index contributed by atoms with van der Waals surface area (Å²) in [5.74, 6) is 0. The van der Waals surface area contributed by atoms with E-state index in [1.165, 1.54) is 17.8 Å². The minimum Gasteiger partial charge on any atom is -0.272 e. The van der Waals surface area contributed by atoms with E-state index in [0.29, 0.717) is 10.8 Å². The molecule has 1 aliphatic carbocycles. The van der Waals surface area contributed by atoms with Crippen LogP contribution in [0.1, 0.15) is 44.5 Å². The number of aryl methyl sites for hydroxylation is 2. The quantitative estimate of drug-likeness (QED) is 0.742. The summed E-state index contributed by atoms with van der Waals surface area (Å²) in [5, 5.41) is 4.88. The van der Waals surface area contributed by atoms with E-state index in [1.807, 2.05) is 11.7 Å². The van der Waals surface area contributed by atoms with Gasteiger partial charge >= 0.3 is 0 Å². The predicted molar refractivity (Wildman–Crippen MR) is 67.9 cm³/mol. The summed E-state index contributed by atoms with van der Waals surface area (Å²) in [4.78, 5) is 0. The first-order chi connectivity index (χ1) is 7.52. The maximum atomic E-state index is 6.21. The molecule has 2 rings (SSSR count). The van der Waals surface area contributed by atoms with Gasteiger partial charge in [0.15, 0.2) is 0 Å². The molecule has 0 aromatic carbocycles. The largest absolute Gasteiger partial charge is 0.272 e. The summed E-state index contributed by atoms with van der Waals surface area (Å²) in [6.45, 7) is 4.51. The van der Waals surface area contributed by atoms with Crippen molar-refractivity contribution in [1.82, 2.24) is 9.78 Å². The molecular weight excluding hydrogens is 220 g/mol. The lowest BCUT2D eigenvalue weighted by molar-refractivity contribution is 0.326. The molecule has 0 N–H and O–H groups in total. The Labute approximate surface area is 103 Å². The van der Waals surface area contributed by atoms with Crippen LogP contribution in [0.15, 0.2) is 6.07 Å². The first kappa shape index (κ1) is 12.0. The maximum Gasteiger partial charge on any atom is 0.0624 e. The van der Waals surface area contributed by atoms with Gasteiger partial charge in [-0.25, -0.2) is 0 Å². The molecule has 0 aliphatic heterocycles. The van der Waals surface area contributed by atoms with E-state index in [9.17, 15) is 0 Å². The Morgan fingerprint density at radius 2 is 2.38 bits per heavy atom. The van der Waals surface area contributed by atoms with Gasteiger partial charge in [-0.2, -0.15) is 5.10 Å². The van der Waals surface area contributed by atoms with E-state index in [1.54, 1.807) is 0 Å². The maximum absolute atomic E-state index is 6.21. The first-order valence-electron chi connectivity index (χ1n) is 6.18. The number of halogens is 1. The van der Waals surface area contributed by atoms with Crippen LogP contribution < -0.4 is 0 Å². The third kappa shape index (κ3) is 2.42. The van der Waals surface area contributed by atoms with Crippen molar-refractivity contribution in [3.63, 3.8) is 0 Å². The summed E-state index contributed by atoms with van der Waals surface area (Å²) in [5.41, 5.74) is 2.93. The molecule has 1 fully saturated rings. The van der Waals surface area contributed by atoms with E-state index >= 15 is 0 Å². The highest BCUT2D eigenvalue weighted by Gasteiger charge is 2.34. The molecule has 1 aromatic heterocycles. The Morgan fingerprint density at radius 3 is 2.88 bits per heavy atom. The second-order valence-electron chi connectivity index (χ2n) is 5.43. The second-order valence-corrected chi connectivity index (χ2v) is 6.05. The van der Waals surface area contributed by atoms with Crippen molar-refractivity contribution in [2.45, 2.75) is 51.3 Å². The fraction of sp³-hybridized carbons (Fsp3) is 0.769. The highest BCUT2D eigenvalue weighted by Crippen LogP contribution is 2.42. The van der Waals surface area contributed by atoms with Gasteiger partial charge in [-0.3, -0.25) is 4.68 Å². The Kier molecular flexibility index (Phi) is 3.29. The first-order valence-corrected chi connectivity index (χ1v) is 6.62. The molecule has 1 aliphatic rings. The Hall–Kier alpha value is -0.500. The molecular formula is C13H21ClN2. The fourth-order valence-electron chi connectivity index (χ4n) is 2.75. The van der Waals surface area contributed by atoms with Gasteiger partial charge in [-0.15, -0.1) is 11.6 Å². The van der Waals surface area contributed by atoms with Gasteiger partial charge in [-0.1, -0.05) is 13.8 Å². The molecule has 3 heteroatoms. The van der Waals surface area contributed by atoms with Crippen LogP contribution in [-0.4, -0.2) is 15.2 Å². The SMILES string of the molecule is CCc1cc(CC2(C)CCC(Cl)C2)n(C)n1. The van der Waals surface area contributed by atoms with Gasteiger partial charge in [0.1, 0.15) is 0 Å². The molecule has 0 bridgehead atoms. The Bertz CT molecular complexity index is 372. The lowest BCUT2D eigenvalue weighted by atomic mass is 9.84. The summed E-state index contributed by atoms with van der Waals surface area (Å²) in [7, 11) is 2.05. The monoisotopic (exact) mass is 240 g/mol. The van der Waals surface area contributed by atoms with E-state index in [4.69, 9.17) is 11.6 Å². The number of aromatic nitrogens is 2. The predicted octanol–water partition coefficient (Wildman–Crippen LogP) is 3.32. The molecule has 0 saturated heterocycles. The number of hydrogen-bond donors (Lipinski definition) is 0. The van der Waals surface area contributed by atoms with Crippen LogP contribution >= 0.6 is 11.6 Å². The molecule has 1 heterocycles. The fourth-order valence-corrected chi connectivity index (χ4v) is 3.23. The molecule has 1 aromatic rings. The second kappa shape index (κ2) is 4.40. The van der Waals surface area contributed by atoms with Crippen molar-refractivity contribution < 1.29 is 0 Å². The molecule has 2 nitrogen and oxygen atoms in total. The number of hydrogen-bond acceptors (Lipinski definition) is 1. The van der Waals surface area contributed by atoms with Gasteiger partial charge in [0.2, 0.25) is 0 Å². The van der Waals surface area contributed by atoms with E-state index in [0.717, 1.165) is 25.7 Å². The van der Waals surface area contributed by atoms with Gasteiger partial charge in [-0.05, 0) is 43.6 Å². The summed E-state index contributed by atoms with van der Waals surface area (Å²) in [6, 6.07) is 2.24. The lowest BCUT2D eigenvalue weighted by Gasteiger charge is -2.23. The van der Waals surface area contributed by atoms with Crippen LogP contribution in [0.5, 0.6) is 0 Å². The number of rotatable bonds is 3. The number of alkyl halides is 1. The average Bonchev–Trinajstić information content (AvgIpc) is 2.72. The zero-order valence-electron chi connectivity index (χ0n) is 10.5. The summed E-state index contributed by atoms with van der Waals surface area (Å²) < 4.78 is 2.03. The van der Waals surface area contributed by atoms with Gasteiger partial charge in [0.05, 0.1) is 5.69 Å². The topological polar surface area (TPSA) is 17.8 Å². The van der Waals surface area contributed by atoms with E-state index < -0.39 is 0 Å². The van der Waals surface area contributed by atoms with Crippen molar-refractivity contribution in [2.24, 2.45) is 12.5 Å². The van der Waals surface area contributed by atoms with Crippen LogP contribution in [0, 0.1) is 5.41 Å². The van der Waals surface area contributed by atoms with Gasteiger partial charge < -0.3 is 0 Å². The van der Waals surface area contributed by atoms with Crippen molar-refractivity contribution in [3.05, 3.63) is 17.5 Å². The smallest absolute Gasteiger partial charge is 0.0624 e. The summed E-state index contributed by atoms with van der Waals surface area (Å²) in [6.07, 6.45) is 5.67. The van der Waals surface area contributed by atoms with Crippen LogP contribution in [0.3, 0.4) is 0 Å². The molecule has 2 atom stereocenters. The van der Waals surface area contributed by atoms with Crippen molar-refractivity contribution in [2.75, 3.05) is 0 Å². The highest BCUT2D eigenvalue weighted by atomic mass is 35.5. The van der Waals surface area contributed by atoms with Gasteiger partial charge in [0, 0.05) is 18.1 Å². The third-order valence-electron chi connectivity index (χ3n) is 3.77. The molecule has 1 saturated carbocycles. The van der Waals surface area contributed by atoms with Crippen LogP contribution in [0.2, 0.25) is 0 Å². The van der Waals surface area contributed by atoms with Crippen LogP contribution in [-0.2, 0) is 19.9 Å². The van der Waals surface area contributed by atoms with Crippen LogP contribution in [0.4, 0.5) is 0 Å². The molecule has 0 amide bonds. The third-order valence-corrected chi connectivity index (χ3v) is 4.15. The Morgan fingerprint density at radius 1 is 1.62 bits per heavy atom. The van der Waals surface area contributed by atoms with Gasteiger partial charge in [0.25, 0.3) is 0 Å². The molecule has 16 heavy (non-hydrogen) atoms. The van der Waals surface area contributed by atoms with E-state index in [2.05, 4.69) is 25.0 Å². The molecule has 0 spiro atoms. The normalized spacial score (nSPS) is 29.9. The Balaban J connectivity index is 2.11. The van der Waals surface area contributed by atoms with E-state index in [-0.39, 0.29) is 0 Å². The zero-order valence-corrected chi connectivity index (χ0v) is 11.2. The minimum atomic E-state index is 0.379. The minimum absolute atomic E-state index is 0.379. The standard InChI is InChI=1S/C13H21ClN2/c1-4-11-7-12(16(3)15-11)9-13(2)6-5-10(14)8-13/h7,10H,4-6,8-9H2,1-3H3. The molecule has 2 unspecified atom stereocenters. The van der Waals surface area contributed by atoms with Crippen molar-refractivity contribution in [3.8, 4) is 0 Å². The average molecular weight is 241 g/mol. The molecule has 0 radical (unpaired) electrons. The number of nitrogens with zero attached hydrogens (tertiary/aromatic N) is 2. The molecule has 90 valence electrons. The zero-order chi connectivity index (χ0) is 11.8.